The van der Waals surface area contributed by atoms with Crippen LogP contribution in [0.2, 0.25) is 5.02 Å². The molecule has 0 aromatic heterocycles. The Bertz CT molecular complexity index is 884. The van der Waals surface area contributed by atoms with Crippen molar-refractivity contribution in [2.75, 3.05) is 7.11 Å². The molecule has 0 unspecified atom stereocenters. The predicted octanol–water partition coefficient (Wildman–Crippen LogP) is 6.04. The van der Waals surface area contributed by atoms with Crippen molar-refractivity contribution in [3.63, 3.8) is 0 Å². The summed E-state index contributed by atoms with van der Waals surface area (Å²) in [6, 6.07) is 24.8. The molecule has 0 aliphatic carbocycles. The number of nitrogens with one attached hydrogen (secondary N) is 1. The van der Waals surface area contributed by atoms with E-state index in [1.54, 1.807) is 13.2 Å². The molecular weight excluding hydrogens is 382 g/mol. The first-order valence-electron chi connectivity index (χ1n) is 9.96. The third kappa shape index (κ3) is 6.52. The third-order valence-electron chi connectivity index (χ3n) is 4.89. The van der Waals surface area contributed by atoms with Gasteiger partial charge in [0.25, 0.3) is 0 Å². The molecule has 29 heavy (non-hydrogen) atoms. The summed E-state index contributed by atoms with van der Waals surface area (Å²) >= 11 is 6.31. The SMILES string of the molecule is COc1cc(Cl)cc(CN[C@H](C)CCc2ccccc2)c1OCc1ccccc1. The maximum atomic E-state index is 6.31. The molecule has 0 saturated heterocycles. The Morgan fingerprint density at radius 2 is 1.59 bits per heavy atom. The van der Waals surface area contributed by atoms with Crippen molar-refractivity contribution in [1.29, 1.82) is 0 Å². The fourth-order valence-electron chi connectivity index (χ4n) is 3.21. The summed E-state index contributed by atoms with van der Waals surface area (Å²) in [5.41, 5.74) is 3.47. The number of methoxy groups -OCH3 is 1. The van der Waals surface area contributed by atoms with Crippen molar-refractivity contribution in [1.82, 2.24) is 5.32 Å². The van der Waals surface area contributed by atoms with Crippen molar-refractivity contribution in [2.45, 2.75) is 39.0 Å². The molecule has 3 aromatic rings. The fourth-order valence-corrected chi connectivity index (χ4v) is 3.44. The van der Waals surface area contributed by atoms with Crippen LogP contribution in [0.5, 0.6) is 11.5 Å². The lowest BCUT2D eigenvalue weighted by molar-refractivity contribution is 0.280. The van der Waals surface area contributed by atoms with E-state index in [0.29, 0.717) is 30.0 Å². The van der Waals surface area contributed by atoms with E-state index < -0.39 is 0 Å². The second kappa shape index (κ2) is 10.9. The average Bonchev–Trinajstić information content (AvgIpc) is 2.76. The highest BCUT2D eigenvalue weighted by Gasteiger charge is 2.14. The number of benzene rings is 3. The van der Waals surface area contributed by atoms with Gasteiger partial charge in [0.15, 0.2) is 11.5 Å². The highest BCUT2D eigenvalue weighted by atomic mass is 35.5. The van der Waals surface area contributed by atoms with Crippen molar-refractivity contribution in [3.8, 4) is 11.5 Å². The Labute approximate surface area is 178 Å². The van der Waals surface area contributed by atoms with Gasteiger partial charge in [0.2, 0.25) is 0 Å². The van der Waals surface area contributed by atoms with Crippen LogP contribution in [-0.2, 0) is 19.6 Å². The molecule has 0 heterocycles. The predicted molar refractivity (Wildman–Crippen MR) is 120 cm³/mol. The molecule has 3 aromatic carbocycles. The minimum atomic E-state index is 0.363. The van der Waals surface area contributed by atoms with E-state index in [2.05, 4.69) is 42.6 Å². The van der Waals surface area contributed by atoms with Crippen molar-refractivity contribution < 1.29 is 9.47 Å². The summed E-state index contributed by atoms with van der Waals surface area (Å²) < 4.78 is 11.7. The zero-order valence-corrected chi connectivity index (χ0v) is 17.8. The van der Waals surface area contributed by atoms with Gasteiger partial charge in [-0.3, -0.25) is 0 Å². The summed E-state index contributed by atoms with van der Waals surface area (Å²) in [4.78, 5) is 0. The van der Waals surface area contributed by atoms with E-state index in [9.17, 15) is 0 Å². The van der Waals surface area contributed by atoms with Gasteiger partial charge in [-0.15, -0.1) is 0 Å². The first-order chi connectivity index (χ1) is 14.2. The first kappa shape index (κ1) is 21.2. The van der Waals surface area contributed by atoms with Gasteiger partial charge in [-0.1, -0.05) is 72.3 Å². The Kier molecular flexibility index (Phi) is 7.97. The van der Waals surface area contributed by atoms with E-state index in [0.717, 1.165) is 29.7 Å². The van der Waals surface area contributed by atoms with E-state index in [1.165, 1.54) is 5.56 Å². The number of rotatable bonds is 10. The van der Waals surface area contributed by atoms with Gasteiger partial charge >= 0.3 is 0 Å². The lowest BCUT2D eigenvalue weighted by Gasteiger charge is -2.19. The Morgan fingerprint density at radius 1 is 0.931 bits per heavy atom. The van der Waals surface area contributed by atoms with E-state index in [1.807, 2.05) is 36.4 Å². The van der Waals surface area contributed by atoms with Crippen LogP contribution in [0.1, 0.15) is 30.0 Å². The van der Waals surface area contributed by atoms with Crippen LogP contribution in [0.3, 0.4) is 0 Å². The molecule has 1 N–H and O–H groups in total. The number of hydrogen-bond acceptors (Lipinski definition) is 3. The molecule has 1 atom stereocenters. The molecule has 152 valence electrons. The summed E-state index contributed by atoms with van der Waals surface area (Å²) in [7, 11) is 1.64. The summed E-state index contributed by atoms with van der Waals surface area (Å²) in [6.07, 6.45) is 2.10. The lowest BCUT2D eigenvalue weighted by Crippen LogP contribution is -2.26. The minimum Gasteiger partial charge on any atom is -0.493 e. The Hall–Kier alpha value is -2.49. The molecule has 4 heteroatoms. The van der Waals surface area contributed by atoms with Crippen LogP contribution in [0, 0.1) is 0 Å². The van der Waals surface area contributed by atoms with Crippen LogP contribution < -0.4 is 14.8 Å². The molecule has 3 rings (SSSR count). The number of hydrogen-bond donors (Lipinski definition) is 1. The Balaban J connectivity index is 1.64. The molecule has 0 aliphatic heterocycles. The maximum absolute atomic E-state index is 6.31. The van der Waals surface area contributed by atoms with Gasteiger partial charge in [-0.05, 0) is 37.0 Å². The molecule has 0 saturated carbocycles. The molecule has 0 radical (unpaired) electrons. The second-order valence-electron chi connectivity index (χ2n) is 7.18. The molecule has 0 amide bonds. The highest BCUT2D eigenvalue weighted by Crippen LogP contribution is 2.35. The van der Waals surface area contributed by atoms with Crippen molar-refractivity contribution in [3.05, 3.63) is 94.5 Å². The fraction of sp³-hybridized carbons (Fsp3) is 0.280. The van der Waals surface area contributed by atoms with Crippen LogP contribution in [-0.4, -0.2) is 13.2 Å². The van der Waals surface area contributed by atoms with Crippen LogP contribution in [0.4, 0.5) is 0 Å². The van der Waals surface area contributed by atoms with E-state index in [-0.39, 0.29) is 0 Å². The maximum Gasteiger partial charge on any atom is 0.166 e. The van der Waals surface area contributed by atoms with Crippen LogP contribution >= 0.6 is 11.6 Å². The van der Waals surface area contributed by atoms with Gasteiger partial charge in [0.05, 0.1) is 7.11 Å². The zero-order chi connectivity index (χ0) is 20.5. The van der Waals surface area contributed by atoms with Crippen LogP contribution in [0.15, 0.2) is 72.8 Å². The molecule has 0 aliphatic rings. The highest BCUT2D eigenvalue weighted by molar-refractivity contribution is 6.30. The topological polar surface area (TPSA) is 30.5 Å². The number of halogens is 1. The van der Waals surface area contributed by atoms with Crippen molar-refractivity contribution >= 4 is 11.6 Å². The van der Waals surface area contributed by atoms with Gasteiger partial charge in [0.1, 0.15) is 6.61 Å². The quantitative estimate of drug-likeness (QED) is 0.443. The summed E-state index contributed by atoms with van der Waals surface area (Å²) in [6.45, 7) is 3.35. The zero-order valence-electron chi connectivity index (χ0n) is 17.0. The first-order valence-corrected chi connectivity index (χ1v) is 10.3. The molecule has 0 spiro atoms. The molecular formula is C25H28ClNO2. The van der Waals surface area contributed by atoms with E-state index >= 15 is 0 Å². The standard InChI is InChI=1S/C25H28ClNO2/c1-19(13-14-20-9-5-3-6-10-20)27-17-22-15-23(26)16-24(28-2)25(22)29-18-21-11-7-4-8-12-21/h3-12,15-16,19,27H,13-14,17-18H2,1-2H3/t19-/m1/s1. The normalized spacial score (nSPS) is 11.8. The largest absolute Gasteiger partial charge is 0.493 e. The Morgan fingerprint density at radius 3 is 2.24 bits per heavy atom. The molecule has 0 bridgehead atoms. The average molecular weight is 410 g/mol. The lowest BCUT2D eigenvalue weighted by atomic mass is 10.1. The smallest absolute Gasteiger partial charge is 0.166 e. The minimum absolute atomic E-state index is 0.363. The van der Waals surface area contributed by atoms with Crippen molar-refractivity contribution in [2.24, 2.45) is 0 Å². The van der Waals surface area contributed by atoms with Gasteiger partial charge in [0, 0.05) is 29.2 Å². The number of aryl methyl sites for hydroxylation is 1. The van der Waals surface area contributed by atoms with Gasteiger partial charge < -0.3 is 14.8 Å². The molecule has 3 nitrogen and oxygen atoms in total. The van der Waals surface area contributed by atoms with Gasteiger partial charge in [-0.25, -0.2) is 0 Å². The summed E-state index contributed by atoms with van der Waals surface area (Å²) in [5.74, 6) is 1.39. The molecule has 0 fully saturated rings. The summed E-state index contributed by atoms with van der Waals surface area (Å²) in [5, 5.41) is 4.23. The second-order valence-corrected chi connectivity index (χ2v) is 7.61. The third-order valence-corrected chi connectivity index (χ3v) is 5.11. The van der Waals surface area contributed by atoms with Gasteiger partial charge in [-0.2, -0.15) is 0 Å². The van der Waals surface area contributed by atoms with Crippen LogP contribution in [0.25, 0.3) is 0 Å². The number of ether oxygens (including phenoxy) is 2. The van der Waals surface area contributed by atoms with E-state index in [4.69, 9.17) is 21.1 Å². The monoisotopic (exact) mass is 409 g/mol.